The van der Waals surface area contributed by atoms with Crippen LogP contribution in [-0.2, 0) is 30.1 Å². The van der Waals surface area contributed by atoms with Crippen molar-refractivity contribution in [1.82, 2.24) is 16.0 Å². The highest BCUT2D eigenvalue weighted by atomic mass is 127. The van der Waals surface area contributed by atoms with Crippen LogP contribution in [0, 0.1) is 0 Å². The van der Waals surface area contributed by atoms with Crippen molar-refractivity contribution in [2.45, 2.75) is 68.2 Å². The molecule has 50 heavy (non-hydrogen) atoms. The van der Waals surface area contributed by atoms with Crippen LogP contribution in [-0.4, -0.2) is 90.7 Å². The van der Waals surface area contributed by atoms with Gasteiger partial charge in [0.05, 0.1) is 26.4 Å². The molecule has 5 N–H and O–H groups in total. The standard InChI is InChI=1S/C17H19BrN2O3S.C16H18BrN3O3.CH4.HI.H3N/c1-20-14(21)17(19-15(20)24-2)10-16(5-7-22-8-6-16)23-13-4-3-11(18)9-12(13)17;1-20-13(21)16(19-14(20)18)9-15(4-6-22-7-5-15)23-12-3-2-10(17)8-11(12)16;;;/h3-4,9H,5-8,10H2,1-2H3;2-3,8H,4-7,9H2,1H3,(H2,18,19);1H4;1H;1H3. The fraction of sp³-hybridized carbons (Fsp3) is 0.529. The number of fused-ring (bicyclic) bond motifs is 4. The number of carbonyl (C=O) groups excluding carboxylic acids is 2. The fourth-order valence-electron chi connectivity index (χ4n) is 7.65. The Morgan fingerprint density at radius 2 is 1.18 bits per heavy atom. The topological polar surface area (TPSA) is 163 Å². The molecule has 2 amide bonds. The predicted octanol–water partition coefficient (Wildman–Crippen LogP) is 6.35. The third kappa shape index (κ3) is 6.70. The van der Waals surface area contributed by atoms with Crippen LogP contribution in [0.25, 0.3) is 0 Å². The highest BCUT2D eigenvalue weighted by Crippen LogP contribution is 2.54. The zero-order valence-electron chi connectivity index (χ0n) is 27.6. The number of aliphatic imine (C=N–C) groups is 2. The molecular formula is C34H45Br2IN6O6S. The summed E-state index contributed by atoms with van der Waals surface area (Å²) in [5.41, 5.74) is 4.91. The first-order valence-corrected chi connectivity index (χ1v) is 18.5. The maximum Gasteiger partial charge on any atom is 0.261 e. The summed E-state index contributed by atoms with van der Waals surface area (Å²) >= 11 is 8.50. The normalized spacial score (nSPS) is 26.7. The summed E-state index contributed by atoms with van der Waals surface area (Å²) in [6.45, 7) is 2.58. The SMILES string of the molecule is C.CN1C(=O)C2(CC3(CCOCC3)Oc3ccc(Br)cc32)N=C1N.CSC1=NC2(CC3(CCOCC3)Oc3ccc(Br)cc32)C(=O)N1C.I.N. The minimum Gasteiger partial charge on any atom is -0.487 e. The Bertz CT molecular complexity index is 1700. The van der Waals surface area contributed by atoms with E-state index in [1.807, 2.05) is 42.7 Å². The first-order valence-electron chi connectivity index (χ1n) is 15.6. The van der Waals surface area contributed by atoms with Gasteiger partial charge in [-0.25, -0.2) is 9.98 Å². The molecule has 0 aromatic heterocycles. The average Bonchev–Trinajstić information content (AvgIpc) is 3.42. The van der Waals surface area contributed by atoms with E-state index in [2.05, 4.69) is 36.9 Å². The summed E-state index contributed by atoms with van der Waals surface area (Å²) in [5, 5.41) is 0.759. The van der Waals surface area contributed by atoms with Crippen molar-refractivity contribution in [2.75, 3.05) is 46.8 Å². The van der Waals surface area contributed by atoms with E-state index in [0.29, 0.717) is 45.0 Å². The molecule has 2 aromatic rings. The highest BCUT2D eigenvalue weighted by molar-refractivity contribution is 14.0. The largest absolute Gasteiger partial charge is 0.487 e. The number of hydrogen-bond acceptors (Lipinski definition) is 11. The first kappa shape index (κ1) is 40.8. The average molecular weight is 953 g/mol. The Hall–Kier alpha value is -1.96. The number of nitrogens with zero attached hydrogens (tertiary/aromatic N) is 4. The lowest BCUT2D eigenvalue weighted by Gasteiger charge is -2.46. The summed E-state index contributed by atoms with van der Waals surface area (Å²) in [6, 6.07) is 11.6. The van der Waals surface area contributed by atoms with Crippen LogP contribution in [0.3, 0.4) is 0 Å². The van der Waals surface area contributed by atoms with Gasteiger partial charge in [0, 0.05) is 72.7 Å². The smallest absolute Gasteiger partial charge is 0.261 e. The number of carbonyl (C=O) groups is 2. The van der Waals surface area contributed by atoms with E-state index in [1.165, 1.54) is 16.7 Å². The highest BCUT2D eigenvalue weighted by Gasteiger charge is 2.59. The van der Waals surface area contributed by atoms with Gasteiger partial charge >= 0.3 is 0 Å². The Kier molecular flexibility index (Phi) is 12.4. The lowest BCUT2D eigenvalue weighted by molar-refractivity contribution is -0.137. The molecule has 2 aromatic carbocycles. The molecule has 6 heterocycles. The van der Waals surface area contributed by atoms with Gasteiger partial charge in [0.2, 0.25) is 0 Å². The Balaban J connectivity index is 0.000000212. The van der Waals surface area contributed by atoms with E-state index in [-0.39, 0.29) is 60.9 Å². The van der Waals surface area contributed by atoms with Crippen molar-refractivity contribution in [3.05, 3.63) is 56.5 Å². The van der Waals surface area contributed by atoms with Gasteiger partial charge in [-0.15, -0.1) is 24.0 Å². The Labute approximate surface area is 331 Å². The molecule has 0 radical (unpaired) electrons. The molecule has 16 heteroatoms. The fourth-order valence-corrected chi connectivity index (χ4v) is 8.97. The molecule has 0 saturated carbocycles. The molecule has 2 unspecified atom stereocenters. The van der Waals surface area contributed by atoms with Gasteiger partial charge in [-0.05, 0) is 42.7 Å². The molecule has 0 bridgehead atoms. The molecule has 6 aliphatic heterocycles. The van der Waals surface area contributed by atoms with Crippen LogP contribution in [0.15, 0.2) is 55.3 Å². The molecule has 2 saturated heterocycles. The van der Waals surface area contributed by atoms with Crippen molar-refractivity contribution in [3.63, 3.8) is 0 Å². The number of rotatable bonds is 0. The van der Waals surface area contributed by atoms with E-state index in [4.69, 9.17) is 29.7 Å². The van der Waals surface area contributed by atoms with Gasteiger partial charge in [-0.1, -0.05) is 51.0 Å². The molecule has 2 atom stereocenters. The van der Waals surface area contributed by atoms with E-state index in [0.717, 1.165) is 56.7 Å². The third-order valence-electron chi connectivity index (χ3n) is 10.1. The lowest BCUT2D eigenvalue weighted by Crippen LogP contribution is -2.53. The van der Waals surface area contributed by atoms with Crippen LogP contribution in [0.4, 0.5) is 0 Å². The minimum absolute atomic E-state index is 0. The number of benzene rings is 2. The number of guanidine groups is 1. The van der Waals surface area contributed by atoms with E-state index in [1.54, 1.807) is 19.0 Å². The summed E-state index contributed by atoms with van der Waals surface area (Å²) in [4.78, 5) is 38.9. The third-order valence-corrected chi connectivity index (χ3v) is 11.8. The molecule has 12 nitrogen and oxygen atoms in total. The van der Waals surface area contributed by atoms with Crippen LogP contribution in [0.1, 0.15) is 57.1 Å². The molecule has 274 valence electrons. The maximum atomic E-state index is 13.2. The van der Waals surface area contributed by atoms with Crippen molar-refractivity contribution in [1.29, 1.82) is 0 Å². The second kappa shape index (κ2) is 15.2. The monoisotopic (exact) mass is 950 g/mol. The predicted molar refractivity (Wildman–Crippen MR) is 213 cm³/mol. The molecular weight excluding hydrogens is 907 g/mol. The van der Waals surface area contributed by atoms with E-state index >= 15 is 0 Å². The maximum absolute atomic E-state index is 13.2. The van der Waals surface area contributed by atoms with Gasteiger partial charge in [0.25, 0.3) is 11.8 Å². The number of thioether (sulfide) groups is 1. The number of nitrogens with two attached hydrogens (primary N) is 1. The summed E-state index contributed by atoms with van der Waals surface area (Å²) in [6.07, 6.45) is 6.08. The van der Waals surface area contributed by atoms with Crippen LogP contribution >= 0.6 is 67.6 Å². The van der Waals surface area contributed by atoms with Crippen molar-refractivity contribution in [3.8, 4) is 11.5 Å². The van der Waals surface area contributed by atoms with Crippen molar-refractivity contribution in [2.24, 2.45) is 15.7 Å². The Morgan fingerprint density at radius 3 is 1.56 bits per heavy atom. The molecule has 6 aliphatic rings. The second-order valence-electron chi connectivity index (χ2n) is 12.9. The number of amidine groups is 1. The summed E-state index contributed by atoms with van der Waals surface area (Å²) < 4.78 is 25.6. The number of ether oxygens (including phenoxy) is 4. The summed E-state index contributed by atoms with van der Waals surface area (Å²) in [5.74, 6) is 1.66. The first-order chi connectivity index (χ1) is 22.5. The van der Waals surface area contributed by atoms with E-state index < -0.39 is 16.7 Å². The summed E-state index contributed by atoms with van der Waals surface area (Å²) in [7, 11) is 3.47. The number of hydrogen-bond donors (Lipinski definition) is 2. The minimum atomic E-state index is -0.993. The molecule has 0 aliphatic carbocycles. The number of likely N-dealkylation sites (N-methyl/N-ethyl adjacent to an activating group) is 2. The van der Waals surface area contributed by atoms with Gasteiger partial charge in [-0.3, -0.25) is 19.4 Å². The lowest BCUT2D eigenvalue weighted by atomic mass is 9.73. The quantitative estimate of drug-likeness (QED) is 0.287. The molecule has 4 spiro atoms. The molecule has 8 rings (SSSR count). The second-order valence-corrected chi connectivity index (χ2v) is 15.6. The number of amides is 2. The van der Waals surface area contributed by atoms with Gasteiger partial charge in [0.1, 0.15) is 22.7 Å². The molecule has 2 fully saturated rings. The van der Waals surface area contributed by atoms with Crippen LogP contribution < -0.4 is 21.4 Å². The van der Waals surface area contributed by atoms with Crippen LogP contribution in [0.2, 0.25) is 0 Å². The Morgan fingerprint density at radius 1 is 0.760 bits per heavy atom. The number of halogens is 3. The van der Waals surface area contributed by atoms with Crippen LogP contribution in [0.5, 0.6) is 11.5 Å². The van der Waals surface area contributed by atoms with Crippen molar-refractivity contribution < 1.29 is 28.5 Å². The van der Waals surface area contributed by atoms with Crippen molar-refractivity contribution >= 4 is 90.5 Å². The van der Waals surface area contributed by atoms with Gasteiger partial charge < -0.3 is 30.8 Å². The van der Waals surface area contributed by atoms with Gasteiger partial charge in [0.15, 0.2) is 22.2 Å². The van der Waals surface area contributed by atoms with E-state index in [9.17, 15) is 9.59 Å². The van der Waals surface area contributed by atoms with Gasteiger partial charge in [-0.2, -0.15) is 0 Å². The zero-order valence-corrected chi connectivity index (χ0v) is 33.9. The zero-order chi connectivity index (χ0) is 33.2.